The summed E-state index contributed by atoms with van der Waals surface area (Å²) in [5, 5.41) is 8.06. The van der Waals surface area contributed by atoms with E-state index < -0.39 is 11.5 Å². The van der Waals surface area contributed by atoms with Gasteiger partial charge in [0.15, 0.2) is 0 Å². The van der Waals surface area contributed by atoms with Gasteiger partial charge in [0, 0.05) is 25.8 Å². The quantitative estimate of drug-likeness (QED) is 0.698. The van der Waals surface area contributed by atoms with Crippen molar-refractivity contribution >= 4 is 27.3 Å². The second-order valence-corrected chi connectivity index (χ2v) is 8.68. The van der Waals surface area contributed by atoms with Crippen LogP contribution in [0.1, 0.15) is 41.3 Å². The third kappa shape index (κ3) is 4.32. The van der Waals surface area contributed by atoms with Gasteiger partial charge in [-0.2, -0.15) is 4.52 Å². The Morgan fingerprint density at radius 3 is 2.86 bits per heavy atom. The molecule has 1 amide bonds. The van der Waals surface area contributed by atoms with Crippen molar-refractivity contribution in [3.8, 4) is 0 Å². The smallest absolute Gasteiger partial charge is 0.288 e. The lowest BCUT2D eigenvalue weighted by atomic mass is 10.0. The molecule has 1 aliphatic heterocycles. The van der Waals surface area contributed by atoms with Gasteiger partial charge in [0.05, 0.1) is 0 Å². The first-order valence-electron chi connectivity index (χ1n) is 9.99. The lowest BCUT2D eigenvalue weighted by Crippen LogP contribution is -2.35. The van der Waals surface area contributed by atoms with Gasteiger partial charge in [-0.05, 0) is 37.7 Å². The van der Waals surface area contributed by atoms with Gasteiger partial charge < -0.3 is 10.2 Å². The van der Waals surface area contributed by atoms with E-state index >= 15 is 0 Å². The number of fused-ring (bicyclic) bond motifs is 1. The number of piperidine rings is 1. The summed E-state index contributed by atoms with van der Waals surface area (Å²) in [6.45, 7) is 6.59. The number of hydrogen-bond donors (Lipinski definition) is 1. The fourth-order valence-electron chi connectivity index (χ4n) is 3.59. The van der Waals surface area contributed by atoms with E-state index in [9.17, 15) is 9.59 Å². The van der Waals surface area contributed by atoms with Crippen LogP contribution in [0.5, 0.6) is 0 Å². The van der Waals surface area contributed by atoms with E-state index in [2.05, 4.69) is 27.2 Å². The number of aryl methyl sites for hydroxylation is 1. The third-order valence-electron chi connectivity index (χ3n) is 5.27. The van der Waals surface area contributed by atoms with E-state index in [4.69, 9.17) is 0 Å². The number of nitrogens with zero attached hydrogens (tertiary/aromatic N) is 4. The van der Waals surface area contributed by atoms with Crippen molar-refractivity contribution in [1.29, 1.82) is 0 Å². The average molecular weight is 412 g/mol. The van der Waals surface area contributed by atoms with Crippen molar-refractivity contribution in [1.82, 2.24) is 19.9 Å². The molecule has 0 bridgehead atoms. The van der Waals surface area contributed by atoms with Crippen LogP contribution in [0, 0.1) is 12.8 Å². The van der Waals surface area contributed by atoms with Crippen molar-refractivity contribution in [2.75, 3.05) is 24.5 Å². The first-order valence-corrected chi connectivity index (χ1v) is 10.8. The molecule has 7 nitrogen and oxygen atoms in total. The minimum absolute atomic E-state index is 0.0234. The van der Waals surface area contributed by atoms with Gasteiger partial charge in [-0.15, -0.1) is 5.10 Å². The highest BCUT2D eigenvalue weighted by Gasteiger charge is 2.22. The number of anilines is 1. The van der Waals surface area contributed by atoms with Crippen LogP contribution in [0.4, 0.5) is 5.13 Å². The second kappa shape index (κ2) is 8.32. The van der Waals surface area contributed by atoms with Crippen LogP contribution in [-0.4, -0.2) is 40.1 Å². The van der Waals surface area contributed by atoms with Crippen LogP contribution < -0.4 is 15.8 Å². The maximum Gasteiger partial charge on any atom is 0.288 e. The average Bonchev–Trinajstić information content (AvgIpc) is 3.15. The molecule has 3 heterocycles. The fourth-order valence-corrected chi connectivity index (χ4v) is 4.49. The maximum absolute atomic E-state index is 12.8. The highest BCUT2D eigenvalue weighted by atomic mass is 32.1. The van der Waals surface area contributed by atoms with Crippen LogP contribution in [0.15, 0.2) is 35.3 Å². The Bertz CT molecular complexity index is 1070. The van der Waals surface area contributed by atoms with E-state index in [0.717, 1.165) is 30.2 Å². The number of carbonyl (C=O) groups is 1. The molecule has 0 spiro atoms. The van der Waals surface area contributed by atoms with Crippen LogP contribution in [-0.2, 0) is 6.42 Å². The highest BCUT2D eigenvalue weighted by Crippen LogP contribution is 2.26. The van der Waals surface area contributed by atoms with E-state index in [1.54, 1.807) is 0 Å². The molecule has 0 radical (unpaired) electrons. The molecule has 2 aromatic heterocycles. The van der Waals surface area contributed by atoms with Gasteiger partial charge in [-0.3, -0.25) is 9.59 Å². The Morgan fingerprint density at radius 2 is 2.10 bits per heavy atom. The predicted molar refractivity (Wildman–Crippen MR) is 115 cm³/mol. The molecule has 1 N–H and O–H groups in total. The van der Waals surface area contributed by atoms with Crippen LogP contribution >= 0.6 is 11.3 Å². The molecule has 3 aromatic rings. The molecule has 1 aromatic carbocycles. The van der Waals surface area contributed by atoms with E-state index in [1.165, 1.54) is 34.0 Å². The Labute approximate surface area is 173 Å². The molecule has 8 heteroatoms. The largest absolute Gasteiger partial charge is 0.351 e. The zero-order valence-electron chi connectivity index (χ0n) is 16.7. The minimum Gasteiger partial charge on any atom is -0.351 e. The number of nitrogens with one attached hydrogen (secondary N) is 1. The summed E-state index contributed by atoms with van der Waals surface area (Å²) in [5.41, 5.74) is 1.94. The standard InChI is InChI=1S/C21H25N5O2S/c1-14-5-7-16(8-6-14)9-10-22-18(27)17-12-23-20-26(19(17)28)24-21(29-20)25-11-3-4-15(2)13-25/h5-8,12,15H,3-4,9-11,13H2,1-2H3,(H,22,27)/t15-/m0/s1. The summed E-state index contributed by atoms with van der Waals surface area (Å²) in [7, 11) is 0. The van der Waals surface area contributed by atoms with Gasteiger partial charge in [0.25, 0.3) is 11.5 Å². The summed E-state index contributed by atoms with van der Waals surface area (Å²) in [5.74, 6) is 0.195. The van der Waals surface area contributed by atoms with Gasteiger partial charge in [0.2, 0.25) is 10.1 Å². The lowest BCUT2D eigenvalue weighted by Gasteiger charge is -2.30. The third-order valence-corrected chi connectivity index (χ3v) is 6.25. The molecule has 29 heavy (non-hydrogen) atoms. The topological polar surface area (TPSA) is 79.6 Å². The first-order chi connectivity index (χ1) is 14.0. The minimum atomic E-state index is -0.421. The van der Waals surface area contributed by atoms with Crippen LogP contribution in [0.25, 0.3) is 4.96 Å². The van der Waals surface area contributed by atoms with Crippen molar-refractivity contribution in [3.63, 3.8) is 0 Å². The zero-order chi connectivity index (χ0) is 20.4. The molecule has 0 saturated carbocycles. The molecule has 1 fully saturated rings. The Balaban J connectivity index is 1.47. The normalized spacial score (nSPS) is 16.9. The Hall–Kier alpha value is -2.74. The molecule has 0 aliphatic carbocycles. The second-order valence-electron chi connectivity index (χ2n) is 7.74. The zero-order valence-corrected chi connectivity index (χ0v) is 17.5. The van der Waals surface area contributed by atoms with Crippen molar-refractivity contribution < 1.29 is 4.79 Å². The number of hydrogen-bond acceptors (Lipinski definition) is 6. The SMILES string of the molecule is Cc1ccc(CCNC(=O)c2cnc3sc(N4CCC[C@H](C)C4)nn3c2=O)cc1. The highest BCUT2D eigenvalue weighted by molar-refractivity contribution is 7.20. The van der Waals surface area contributed by atoms with Gasteiger partial charge >= 0.3 is 0 Å². The van der Waals surface area contributed by atoms with Crippen LogP contribution in [0.2, 0.25) is 0 Å². The molecule has 0 unspecified atom stereocenters. The van der Waals surface area contributed by atoms with Gasteiger partial charge in [-0.25, -0.2) is 4.98 Å². The maximum atomic E-state index is 12.8. The number of aromatic nitrogens is 3. The Kier molecular flexibility index (Phi) is 5.62. The molecule has 1 saturated heterocycles. The van der Waals surface area contributed by atoms with Crippen molar-refractivity contribution in [2.24, 2.45) is 5.92 Å². The van der Waals surface area contributed by atoms with Gasteiger partial charge in [-0.1, -0.05) is 48.1 Å². The summed E-state index contributed by atoms with van der Waals surface area (Å²) >= 11 is 1.39. The summed E-state index contributed by atoms with van der Waals surface area (Å²) in [4.78, 5) is 32.3. The van der Waals surface area contributed by atoms with Crippen LogP contribution in [0.3, 0.4) is 0 Å². The number of amides is 1. The van der Waals surface area contributed by atoms with Crippen molar-refractivity contribution in [2.45, 2.75) is 33.1 Å². The van der Waals surface area contributed by atoms with Gasteiger partial charge in [0.1, 0.15) is 5.56 Å². The predicted octanol–water partition coefficient (Wildman–Crippen LogP) is 2.67. The van der Waals surface area contributed by atoms with E-state index in [1.807, 2.05) is 31.2 Å². The molecule has 4 rings (SSSR count). The monoisotopic (exact) mass is 411 g/mol. The summed E-state index contributed by atoms with van der Waals surface area (Å²) in [6.07, 6.45) is 4.40. The number of benzene rings is 1. The van der Waals surface area contributed by atoms with E-state index in [0.29, 0.717) is 23.8 Å². The van der Waals surface area contributed by atoms with E-state index in [-0.39, 0.29) is 5.56 Å². The fraction of sp³-hybridized carbons (Fsp3) is 0.429. The molecular weight excluding hydrogens is 386 g/mol. The molecule has 152 valence electrons. The number of carbonyl (C=O) groups excluding carboxylic acids is 1. The number of rotatable bonds is 5. The molecule has 1 atom stereocenters. The van der Waals surface area contributed by atoms with Crippen molar-refractivity contribution in [3.05, 3.63) is 57.5 Å². The molecule has 1 aliphatic rings. The Morgan fingerprint density at radius 1 is 1.31 bits per heavy atom. The first kappa shape index (κ1) is 19.6. The lowest BCUT2D eigenvalue weighted by molar-refractivity contribution is 0.0952. The summed E-state index contributed by atoms with van der Waals surface area (Å²) in [6, 6.07) is 8.18. The summed E-state index contributed by atoms with van der Waals surface area (Å²) < 4.78 is 1.26. The molecular formula is C21H25N5O2S.